The van der Waals surface area contributed by atoms with Crippen LogP contribution in [0.5, 0.6) is 0 Å². The summed E-state index contributed by atoms with van der Waals surface area (Å²) in [7, 11) is 0. The Balaban J connectivity index is 1.51. The predicted molar refractivity (Wildman–Crippen MR) is 101 cm³/mol. The largest absolute Gasteiger partial charge is 0.451 e. The highest BCUT2D eigenvalue weighted by atomic mass is 16.5. The molecule has 1 saturated carbocycles. The van der Waals surface area contributed by atoms with Gasteiger partial charge >= 0.3 is 17.8 Å². The van der Waals surface area contributed by atoms with E-state index in [0.717, 1.165) is 30.4 Å². The van der Waals surface area contributed by atoms with Crippen LogP contribution in [0, 0.1) is 0 Å². The molecule has 1 atom stereocenters. The van der Waals surface area contributed by atoms with Crippen LogP contribution < -0.4 is 16.4 Å². The highest BCUT2D eigenvalue weighted by Gasteiger charge is 2.23. The van der Waals surface area contributed by atoms with E-state index in [0.29, 0.717) is 5.56 Å². The smallest absolute Gasteiger partial charge is 0.437 e. The summed E-state index contributed by atoms with van der Waals surface area (Å²) in [5.74, 6) is -2.38. The highest BCUT2D eigenvalue weighted by molar-refractivity contribution is 5.97. The number of aromatic nitrogens is 2. The lowest BCUT2D eigenvalue weighted by Crippen LogP contribution is -2.47. The number of hydrogen-bond acceptors (Lipinski definition) is 7. The fourth-order valence-electron chi connectivity index (χ4n) is 3.02. The summed E-state index contributed by atoms with van der Waals surface area (Å²) < 4.78 is 10.8. The molecule has 10 nitrogen and oxygen atoms in total. The number of benzene rings is 1. The average molecular weight is 402 g/mol. The first-order chi connectivity index (χ1) is 13.9. The maximum atomic E-state index is 12.0. The van der Waals surface area contributed by atoms with Gasteiger partial charge in [-0.1, -0.05) is 31.0 Å². The molecule has 154 valence electrons. The Kier molecular flexibility index (Phi) is 6.43. The monoisotopic (exact) mass is 402 g/mol. The molecule has 3 amide bonds. The summed E-state index contributed by atoms with van der Waals surface area (Å²) in [6.07, 6.45) is 2.63. The van der Waals surface area contributed by atoms with E-state index in [9.17, 15) is 19.2 Å². The van der Waals surface area contributed by atoms with Gasteiger partial charge in [-0.2, -0.15) is 4.68 Å². The normalized spacial score (nSPS) is 14.9. The number of carbonyl (C=O) groups excluding carboxylic acids is 3. The van der Waals surface area contributed by atoms with Crippen LogP contribution in [0.25, 0.3) is 11.5 Å². The Labute approximate surface area is 166 Å². The summed E-state index contributed by atoms with van der Waals surface area (Å²) in [6, 6.07) is 8.16. The van der Waals surface area contributed by atoms with Gasteiger partial charge in [0.1, 0.15) is 6.54 Å². The lowest BCUT2D eigenvalue weighted by atomic mass is 10.2. The molecule has 29 heavy (non-hydrogen) atoms. The van der Waals surface area contributed by atoms with Gasteiger partial charge in [0.15, 0.2) is 6.10 Å². The van der Waals surface area contributed by atoms with E-state index in [-0.39, 0.29) is 11.9 Å². The van der Waals surface area contributed by atoms with E-state index >= 15 is 0 Å². The molecule has 1 aliphatic carbocycles. The van der Waals surface area contributed by atoms with Crippen molar-refractivity contribution in [2.45, 2.75) is 51.3 Å². The molecule has 3 rings (SSSR count). The Morgan fingerprint density at radius 2 is 1.93 bits per heavy atom. The van der Waals surface area contributed by atoms with Crippen LogP contribution in [0.4, 0.5) is 4.79 Å². The van der Waals surface area contributed by atoms with Crippen molar-refractivity contribution in [2.24, 2.45) is 0 Å². The molecule has 1 aromatic heterocycles. The van der Waals surface area contributed by atoms with Gasteiger partial charge in [-0.15, -0.1) is 5.10 Å². The molecule has 0 spiro atoms. The van der Waals surface area contributed by atoms with E-state index in [2.05, 4.69) is 15.7 Å². The molecule has 0 saturated heterocycles. The van der Waals surface area contributed by atoms with Gasteiger partial charge in [-0.05, 0) is 31.9 Å². The summed E-state index contributed by atoms with van der Waals surface area (Å²) in [5, 5.41) is 8.80. The number of urea groups is 1. The zero-order chi connectivity index (χ0) is 20.8. The SMILES string of the molecule is C[C@H](OC(=O)Cn1nc(-c2ccccc2)oc1=O)C(=O)NC(=O)NC1CCCC1. The van der Waals surface area contributed by atoms with E-state index < -0.39 is 36.3 Å². The number of nitrogens with one attached hydrogen (secondary N) is 2. The molecule has 2 N–H and O–H groups in total. The Hall–Kier alpha value is -3.43. The van der Waals surface area contributed by atoms with Crippen molar-refractivity contribution in [3.63, 3.8) is 0 Å². The van der Waals surface area contributed by atoms with E-state index in [1.165, 1.54) is 6.92 Å². The third kappa shape index (κ3) is 5.53. The number of carbonyl (C=O) groups is 3. The van der Waals surface area contributed by atoms with Crippen molar-refractivity contribution in [1.29, 1.82) is 0 Å². The summed E-state index contributed by atoms with van der Waals surface area (Å²) in [5.41, 5.74) is 0.581. The van der Waals surface area contributed by atoms with Gasteiger partial charge in [-0.25, -0.2) is 9.59 Å². The van der Waals surface area contributed by atoms with Crippen molar-refractivity contribution in [3.05, 3.63) is 40.9 Å². The fourth-order valence-corrected chi connectivity index (χ4v) is 3.02. The second kappa shape index (κ2) is 9.18. The van der Waals surface area contributed by atoms with E-state index in [1.54, 1.807) is 30.3 Å². The number of amides is 3. The third-order valence-electron chi connectivity index (χ3n) is 4.51. The van der Waals surface area contributed by atoms with Crippen molar-refractivity contribution in [1.82, 2.24) is 20.4 Å². The molecule has 1 aliphatic rings. The number of rotatable bonds is 6. The minimum absolute atomic E-state index is 0.0542. The zero-order valence-corrected chi connectivity index (χ0v) is 15.9. The molecular formula is C19H22N4O6. The zero-order valence-electron chi connectivity index (χ0n) is 15.9. The van der Waals surface area contributed by atoms with Crippen LogP contribution in [0.3, 0.4) is 0 Å². The average Bonchev–Trinajstić information content (AvgIpc) is 3.32. The van der Waals surface area contributed by atoms with Crippen LogP contribution in [-0.2, 0) is 20.9 Å². The first kappa shape index (κ1) is 20.3. The second-order valence-corrected chi connectivity index (χ2v) is 6.77. The lowest BCUT2D eigenvalue weighted by molar-refractivity contribution is -0.155. The minimum atomic E-state index is -1.21. The van der Waals surface area contributed by atoms with Crippen LogP contribution in [0.1, 0.15) is 32.6 Å². The highest BCUT2D eigenvalue weighted by Crippen LogP contribution is 2.17. The van der Waals surface area contributed by atoms with Gasteiger partial charge in [0.2, 0.25) is 5.89 Å². The van der Waals surface area contributed by atoms with E-state index in [1.807, 2.05) is 0 Å². The van der Waals surface area contributed by atoms with Crippen molar-refractivity contribution >= 4 is 17.9 Å². The lowest BCUT2D eigenvalue weighted by Gasteiger charge is -2.15. The van der Waals surface area contributed by atoms with Crippen LogP contribution in [0.2, 0.25) is 0 Å². The number of nitrogens with zero attached hydrogens (tertiary/aromatic N) is 2. The standard InChI is InChI=1S/C19H22N4O6/c1-12(16(25)21-18(26)20-14-9-5-6-10-14)28-15(24)11-23-19(27)29-17(22-23)13-7-3-2-4-8-13/h2-4,7-8,12,14H,5-6,9-11H2,1H3,(H2,20,21,25,26)/t12-/m0/s1. The Morgan fingerprint density at radius 3 is 2.62 bits per heavy atom. The molecule has 1 aromatic carbocycles. The van der Waals surface area contributed by atoms with Crippen molar-refractivity contribution in [2.75, 3.05) is 0 Å². The Morgan fingerprint density at radius 1 is 1.24 bits per heavy atom. The van der Waals surface area contributed by atoms with E-state index in [4.69, 9.17) is 9.15 Å². The second-order valence-electron chi connectivity index (χ2n) is 6.77. The maximum absolute atomic E-state index is 12.0. The summed E-state index contributed by atoms with van der Waals surface area (Å²) in [6.45, 7) is 0.804. The summed E-state index contributed by atoms with van der Waals surface area (Å²) >= 11 is 0. The number of esters is 1. The molecule has 0 radical (unpaired) electrons. The van der Waals surface area contributed by atoms with Crippen molar-refractivity contribution < 1.29 is 23.5 Å². The number of ether oxygens (including phenoxy) is 1. The Bertz CT molecular complexity index is 930. The number of hydrogen-bond donors (Lipinski definition) is 2. The molecule has 0 aliphatic heterocycles. The third-order valence-corrected chi connectivity index (χ3v) is 4.51. The molecule has 0 unspecified atom stereocenters. The maximum Gasteiger partial charge on any atom is 0.437 e. The summed E-state index contributed by atoms with van der Waals surface area (Å²) in [4.78, 5) is 47.8. The van der Waals surface area contributed by atoms with Gasteiger partial charge in [-0.3, -0.25) is 14.9 Å². The van der Waals surface area contributed by atoms with Gasteiger partial charge < -0.3 is 14.5 Å². The molecule has 0 bridgehead atoms. The molecule has 10 heteroatoms. The molecule has 1 heterocycles. The van der Waals surface area contributed by atoms with Crippen molar-refractivity contribution in [3.8, 4) is 11.5 Å². The fraction of sp³-hybridized carbons (Fsp3) is 0.421. The first-order valence-corrected chi connectivity index (χ1v) is 9.36. The predicted octanol–water partition coefficient (Wildman–Crippen LogP) is 1.20. The van der Waals surface area contributed by atoms with Gasteiger partial charge in [0, 0.05) is 11.6 Å². The van der Waals surface area contributed by atoms with Crippen LogP contribution >= 0.6 is 0 Å². The number of imide groups is 1. The first-order valence-electron chi connectivity index (χ1n) is 9.36. The quantitative estimate of drug-likeness (QED) is 0.694. The minimum Gasteiger partial charge on any atom is -0.451 e. The molecule has 2 aromatic rings. The van der Waals surface area contributed by atoms with Gasteiger partial charge in [0.05, 0.1) is 0 Å². The van der Waals surface area contributed by atoms with Crippen LogP contribution in [-0.4, -0.2) is 39.8 Å². The van der Waals surface area contributed by atoms with Crippen LogP contribution in [0.15, 0.2) is 39.5 Å². The van der Waals surface area contributed by atoms with Gasteiger partial charge in [0.25, 0.3) is 5.91 Å². The molecule has 1 fully saturated rings. The molecular weight excluding hydrogens is 380 g/mol. The topological polar surface area (TPSA) is 133 Å².